The Bertz CT molecular complexity index is 1420. The predicted octanol–water partition coefficient (Wildman–Crippen LogP) is 6.81. The van der Waals surface area contributed by atoms with Crippen molar-refractivity contribution in [3.63, 3.8) is 0 Å². The minimum absolute atomic E-state index is 0.0101. The molecule has 0 aliphatic rings. The average molecular weight is 473 g/mol. The van der Waals surface area contributed by atoms with Crippen LogP contribution in [0.3, 0.4) is 0 Å². The van der Waals surface area contributed by atoms with Crippen LogP contribution in [-0.2, 0) is 5.41 Å². The summed E-state index contributed by atoms with van der Waals surface area (Å²) in [5, 5.41) is 0.314. The summed E-state index contributed by atoms with van der Waals surface area (Å²) in [6.07, 6.45) is 0. The molecular formula is C29H28O6. The van der Waals surface area contributed by atoms with E-state index in [1.807, 2.05) is 25.1 Å². The molecule has 0 atom stereocenters. The highest BCUT2D eigenvalue weighted by Crippen LogP contribution is 2.33. The van der Waals surface area contributed by atoms with Crippen LogP contribution < -0.4 is 19.6 Å². The van der Waals surface area contributed by atoms with Crippen LogP contribution in [-0.4, -0.2) is 12.6 Å². The number of hydrogen-bond donors (Lipinski definition) is 0. The van der Waals surface area contributed by atoms with Gasteiger partial charge in [0.25, 0.3) is 0 Å². The molecule has 3 aromatic carbocycles. The van der Waals surface area contributed by atoms with Gasteiger partial charge in [-0.25, -0.2) is 4.79 Å². The lowest BCUT2D eigenvalue weighted by Gasteiger charge is -2.18. The Hall–Kier alpha value is -4.06. The quantitative estimate of drug-likeness (QED) is 0.227. The number of rotatable bonds is 6. The molecular weight excluding hydrogens is 444 g/mol. The molecule has 0 saturated heterocycles. The van der Waals surface area contributed by atoms with Gasteiger partial charge >= 0.3 is 5.97 Å². The molecule has 0 saturated carbocycles. The normalized spacial score (nSPS) is 11.3. The molecule has 180 valence electrons. The molecule has 6 heteroatoms. The van der Waals surface area contributed by atoms with Crippen molar-refractivity contribution in [2.45, 2.75) is 40.0 Å². The first-order valence-electron chi connectivity index (χ1n) is 11.5. The van der Waals surface area contributed by atoms with E-state index >= 15 is 0 Å². The Labute approximate surface area is 204 Å². The fourth-order valence-electron chi connectivity index (χ4n) is 3.64. The van der Waals surface area contributed by atoms with E-state index in [1.165, 1.54) is 6.07 Å². The van der Waals surface area contributed by atoms with Crippen molar-refractivity contribution in [2.24, 2.45) is 0 Å². The third kappa shape index (κ3) is 5.22. The molecule has 0 N–H and O–H groups in total. The molecule has 0 radical (unpaired) electrons. The SMILES string of the molecule is CCOc1ccccc1Oc1c(C)oc2cc(OC(=O)c3ccc(C(C)(C)C)cc3)ccc2c1=O. The Morgan fingerprint density at radius 3 is 2.29 bits per heavy atom. The van der Waals surface area contributed by atoms with Gasteiger partial charge in [0.15, 0.2) is 11.5 Å². The Kier molecular flexibility index (Phi) is 6.65. The first-order valence-corrected chi connectivity index (χ1v) is 11.5. The number of carbonyl (C=O) groups is 1. The summed E-state index contributed by atoms with van der Waals surface area (Å²) in [7, 11) is 0. The van der Waals surface area contributed by atoms with Gasteiger partial charge in [-0.1, -0.05) is 45.0 Å². The van der Waals surface area contributed by atoms with Crippen molar-refractivity contribution < 1.29 is 23.4 Å². The van der Waals surface area contributed by atoms with Crippen molar-refractivity contribution in [2.75, 3.05) is 6.61 Å². The van der Waals surface area contributed by atoms with E-state index in [2.05, 4.69) is 20.8 Å². The number of para-hydroxylation sites is 2. The molecule has 0 spiro atoms. The zero-order valence-corrected chi connectivity index (χ0v) is 20.5. The molecule has 0 unspecified atom stereocenters. The summed E-state index contributed by atoms with van der Waals surface area (Å²) < 4.78 is 22.9. The van der Waals surface area contributed by atoms with Gasteiger partial charge in [-0.15, -0.1) is 0 Å². The largest absolute Gasteiger partial charge is 0.490 e. The molecule has 6 nitrogen and oxygen atoms in total. The van der Waals surface area contributed by atoms with Crippen molar-refractivity contribution in [1.82, 2.24) is 0 Å². The second-order valence-electron chi connectivity index (χ2n) is 9.17. The first-order chi connectivity index (χ1) is 16.7. The van der Waals surface area contributed by atoms with Gasteiger partial charge in [0, 0.05) is 6.07 Å². The van der Waals surface area contributed by atoms with Crippen LogP contribution in [0.2, 0.25) is 0 Å². The van der Waals surface area contributed by atoms with Crippen molar-refractivity contribution >= 4 is 16.9 Å². The van der Waals surface area contributed by atoms with Crippen molar-refractivity contribution in [1.29, 1.82) is 0 Å². The smallest absolute Gasteiger partial charge is 0.343 e. The van der Waals surface area contributed by atoms with E-state index in [1.54, 1.807) is 49.4 Å². The van der Waals surface area contributed by atoms with E-state index in [-0.39, 0.29) is 22.3 Å². The van der Waals surface area contributed by atoms with Gasteiger partial charge in [0.1, 0.15) is 17.1 Å². The van der Waals surface area contributed by atoms with Gasteiger partial charge in [0.2, 0.25) is 11.2 Å². The van der Waals surface area contributed by atoms with Crippen LogP contribution in [0.4, 0.5) is 0 Å². The van der Waals surface area contributed by atoms with Crippen LogP contribution in [0.1, 0.15) is 49.4 Å². The Balaban J connectivity index is 1.60. The molecule has 0 fully saturated rings. The molecule has 4 rings (SSSR count). The highest BCUT2D eigenvalue weighted by molar-refractivity contribution is 5.91. The number of carbonyl (C=O) groups excluding carboxylic acids is 1. The maximum absolute atomic E-state index is 13.2. The molecule has 0 amide bonds. The molecule has 0 aliphatic carbocycles. The molecule has 1 aromatic heterocycles. The summed E-state index contributed by atoms with van der Waals surface area (Å²) in [4.78, 5) is 25.8. The Morgan fingerprint density at radius 2 is 1.63 bits per heavy atom. The second-order valence-corrected chi connectivity index (χ2v) is 9.17. The van der Waals surface area contributed by atoms with Crippen molar-refractivity contribution in [3.05, 3.63) is 93.8 Å². The van der Waals surface area contributed by atoms with E-state index in [0.717, 1.165) is 5.56 Å². The van der Waals surface area contributed by atoms with Crippen LogP contribution in [0.25, 0.3) is 11.0 Å². The lowest BCUT2D eigenvalue weighted by atomic mass is 9.87. The zero-order chi connectivity index (χ0) is 25.2. The number of ether oxygens (including phenoxy) is 3. The summed E-state index contributed by atoms with van der Waals surface area (Å²) >= 11 is 0. The average Bonchev–Trinajstić information content (AvgIpc) is 2.82. The highest BCUT2D eigenvalue weighted by Gasteiger charge is 2.18. The summed E-state index contributed by atoms with van der Waals surface area (Å²) in [6.45, 7) is 10.3. The number of esters is 1. The predicted molar refractivity (Wildman–Crippen MR) is 135 cm³/mol. The van der Waals surface area contributed by atoms with E-state index < -0.39 is 5.97 Å². The zero-order valence-electron chi connectivity index (χ0n) is 20.5. The maximum Gasteiger partial charge on any atom is 0.343 e. The number of benzene rings is 3. The van der Waals surface area contributed by atoms with Gasteiger partial charge in [-0.3, -0.25) is 4.79 Å². The topological polar surface area (TPSA) is 75.0 Å². The third-order valence-corrected chi connectivity index (χ3v) is 5.54. The van der Waals surface area contributed by atoms with Gasteiger partial charge in [0.05, 0.1) is 17.6 Å². The molecule has 35 heavy (non-hydrogen) atoms. The molecule has 1 heterocycles. The fourth-order valence-corrected chi connectivity index (χ4v) is 3.64. The van der Waals surface area contributed by atoms with Crippen LogP contribution in [0, 0.1) is 6.92 Å². The monoisotopic (exact) mass is 472 g/mol. The van der Waals surface area contributed by atoms with Gasteiger partial charge in [-0.05, 0) is 61.2 Å². The number of hydrogen-bond acceptors (Lipinski definition) is 6. The highest BCUT2D eigenvalue weighted by atomic mass is 16.5. The lowest BCUT2D eigenvalue weighted by molar-refractivity contribution is 0.0735. The Morgan fingerprint density at radius 1 is 0.943 bits per heavy atom. The van der Waals surface area contributed by atoms with Crippen LogP contribution in [0.5, 0.6) is 23.0 Å². The first kappa shape index (κ1) is 24.1. The van der Waals surface area contributed by atoms with Crippen LogP contribution >= 0.6 is 0 Å². The minimum Gasteiger partial charge on any atom is -0.490 e. The lowest BCUT2D eigenvalue weighted by Crippen LogP contribution is -2.13. The molecule has 0 bridgehead atoms. The van der Waals surface area contributed by atoms with E-state index in [9.17, 15) is 9.59 Å². The standard InChI is InChI=1S/C29H28O6/c1-6-32-23-9-7-8-10-24(23)35-27-18(2)33-25-17-21(15-16-22(25)26(27)30)34-28(31)19-11-13-20(14-12-19)29(3,4)5/h7-17H,6H2,1-5H3. The second kappa shape index (κ2) is 9.66. The minimum atomic E-state index is -0.489. The van der Waals surface area contributed by atoms with E-state index in [4.69, 9.17) is 18.6 Å². The fraction of sp³-hybridized carbons (Fsp3) is 0.241. The summed E-state index contributed by atoms with van der Waals surface area (Å²) in [5.41, 5.74) is 1.52. The maximum atomic E-state index is 13.2. The number of aryl methyl sites for hydroxylation is 1. The van der Waals surface area contributed by atoms with E-state index in [0.29, 0.717) is 40.4 Å². The van der Waals surface area contributed by atoms with Crippen molar-refractivity contribution in [3.8, 4) is 23.0 Å². The van der Waals surface area contributed by atoms with Gasteiger partial charge in [-0.2, -0.15) is 0 Å². The van der Waals surface area contributed by atoms with Crippen LogP contribution in [0.15, 0.2) is 75.9 Å². The third-order valence-electron chi connectivity index (χ3n) is 5.54. The number of fused-ring (bicyclic) bond motifs is 1. The molecule has 0 aliphatic heterocycles. The summed E-state index contributed by atoms with van der Waals surface area (Å²) in [5.74, 6) is 1.12. The van der Waals surface area contributed by atoms with Gasteiger partial charge < -0.3 is 18.6 Å². The summed E-state index contributed by atoms with van der Waals surface area (Å²) in [6, 6.07) is 19.1. The molecule has 4 aromatic rings.